The molecule has 0 radical (unpaired) electrons. The number of hydrogen-bond donors (Lipinski definition) is 1. The number of phenolic OH excluding ortho intramolecular Hbond substituents is 1. The minimum absolute atomic E-state index is 0.00355. The Balaban J connectivity index is 2.01. The third-order valence-corrected chi connectivity index (χ3v) is 4.42. The molecule has 0 aliphatic rings. The van der Waals surface area contributed by atoms with Crippen molar-refractivity contribution in [2.45, 2.75) is 78.2 Å². The first-order chi connectivity index (χ1) is 13.0. The van der Waals surface area contributed by atoms with E-state index in [2.05, 4.69) is 6.92 Å². The van der Waals surface area contributed by atoms with E-state index in [1.807, 2.05) is 13.8 Å². The van der Waals surface area contributed by atoms with Crippen LogP contribution < -0.4 is 15.1 Å². The molecule has 0 saturated heterocycles. The van der Waals surface area contributed by atoms with Gasteiger partial charge in [-0.05, 0) is 32.4 Å². The third-order valence-electron chi connectivity index (χ3n) is 4.42. The SMILES string of the molecule is CCCCCCCCCCOc1c(OC(C)C)c2c(O)cccc2oc1=O. The lowest BCUT2D eigenvalue weighted by atomic mass is 10.1. The molecular formula is C22H32O5. The molecule has 1 N–H and O–H groups in total. The molecule has 2 aromatic rings. The lowest BCUT2D eigenvalue weighted by Crippen LogP contribution is -2.14. The van der Waals surface area contributed by atoms with Crippen molar-refractivity contribution in [3.05, 3.63) is 28.6 Å². The van der Waals surface area contributed by atoms with Gasteiger partial charge in [0.25, 0.3) is 0 Å². The summed E-state index contributed by atoms with van der Waals surface area (Å²) in [6.07, 6.45) is 9.36. The molecule has 0 bridgehead atoms. The Kier molecular flexibility index (Phi) is 8.49. The third kappa shape index (κ3) is 6.19. The summed E-state index contributed by atoms with van der Waals surface area (Å²) in [5, 5.41) is 10.6. The van der Waals surface area contributed by atoms with Crippen LogP contribution in [0.1, 0.15) is 72.1 Å². The summed E-state index contributed by atoms with van der Waals surface area (Å²) in [4.78, 5) is 12.4. The van der Waals surface area contributed by atoms with Crippen LogP contribution in [0.3, 0.4) is 0 Å². The van der Waals surface area contributed by atoms with Gasteiger partial charge in [0.1, 0.15) is 16.7 Å². The number of hydrogen-bond acceptors (Lipinski definition) is 5. The molecule has 1 aromatic carbocycles. The van der Waals surface area contributed by atoms with Crippen LogP contribution in [-0.4, -0.2) is 17.8 Å². The highest BCUT2D eigenvalue weighted by molar-refractivity contribution is 5.91. The van der Waals surface area contributed by atoms with E-state index >= 15 is 0 Å². The van der Waals surface area contributed by atoms with E-state index in [4.69, 9.17) is 13.9 Å². The van der Waals surface area contributed by atoms with Gasteiger partial charge in [-0.1, -0.05) is 57.9 Å². The Morgan fingerprint density at radius 1 is 1.00 bits per heavy atom. The van der Waals surface area contributed by atoms with Crippen LogP contribution in [0.2, 0.25) is 0 Å². The average molecular weight is 376 g/mol. The molecule has 5 nitrogen and oxygen atoms in total. The highest BCUT2D eigenvalue weighted by Crippen LogP contribution is 2.38. The average Bonchev–Trinajstić information content (AvgIpc) is 2.61. The molecular weight excluding hydrogens is 344 g/mol. The largest absolute Gasteiger partial charge is 0.507 e. The van der Waals surface area contributed by atoms with E-state index in [1.54, 1.807) is 12.1 Å². The van der Waals surface area contributed by atoms with Gasteiger partial charge in [-0.3, -0.25) is 0 Å². The van der Waals surface area contributed by atoms with Gasteiger partial charge in [-0.15, -0.1) is 0 Å². The minimum Gasteiger partial charge on any atom is -0.507 e. The fraction of sp³-hybridized carbons (Fsp3) is 0.591. The maximum Gasteiger partial charge on any atom is 0.383 e. The highest BCUT2D eigenvalue weighted by Gasteiger charge is 2.21. The number of aromatic hydroxyl groups is 1. The highest BCUT2D eigenvalue weighted by atomic mass is 16.5. The van der Waals surface area contributed by atoms with Crippen LogP contribution in [0, 0.1) is 0 Å². The zero-order valence-electron chi connectivity index (χ0n) is 16.8. The van der Waals surface area contributed by atoms with E-state index in [0.29, 0.717) is 12.0 Å². The first kappa shape index (κ1) is 21.1. The maximum absolute atomic E-state index is 12.4. The Morgan fingerprint density at radius 3 is 2.33 bits per heavy atom. The molecule has 0 unspecified atom stereocenters. The van der Waals surface area contributed by atoms with E-state index in [9.17, 15) is 9.90 Å². The second-order valence-electron chi connectivity index (χ2n) is 7.19. The molecule has 0 aliphatic carbocycles. The van der Waals surface area contributed by atoms with Crippen LogP contribution in [0.15, 0.2) is 27.4 Å². The van der Waals surface area contributed by atoms with Crippen LogP contribution in [0.4, 0.5) is 0 Å². The summed E-state index contributed by atoms with van der Waals surface area (Å²) in [5.74, 6) is 0.304. The van der Waals surface area contributed by atoms with Crippen molar-refractivity contribution in [2.24, 2.45) is 0 Å². The van der Waals surface area contributed by atoms with Crippen LogP contribution >= 0.6 is 0 Å². The molecule has 1 aromatic heterocycles. The van der Waals surface area contributed by atoms with Gasteiger partial charge >= 0.3 is 5.63 Å². The maximum atomic E-state index is 12.4. The second kappa shape index (κ2) is 10.9. The van der Waals surface area contributed by atoms with Gasteiger partial charge in [0, 0.05) is 0 Å². The van der Waals surface area contributed by atoms with Crippen LogP contribution in [-0.2, 0) is 0 Å². The summed E-state index contributed by atoms with van der Waals surface area (Å²) in [7, 11) is 0. The normalized spacial score (nSPS) is 11.3. The summed E-state index contributed by atoms with van der Waals surface area (Å²) in [6, 6.07) is 4.80. The molecule has 5 heteroatoms. The van der Waals surface area contributed by atoms with Crippen molar-refractivity contribution in [2.75, 3.05) is 6.61 Å². The zero-order valence-corrected chi connectivity index (χ0v) is 16.8. The van der Waals surface area contributed by atoms with Crippen molar-refractivity contribution in [3.8, 4) is 17.2 Å². The van der Waals surface area contributed by atoms with Crippen molar-refractivity contribution < 1.29 is 19.0 Å². The number of rotatable bonds is 12. The minimum atomic E-state index is -0.580. The smallest absolute Gasteiger partial charge is 0.383 e. The molecule has 27 heavy (non-hydrogen) atoms. The number of phenols is 1. The molecule has 0 atom stereocenters. The molecule has 0 aliphatic heterocycles. The van der Waals surface area contributed by atoms with Crippen molar-refractivity contribution in [1.29, 1.82) is 0 Å². The van der Waals surface area contributed by atoms with E-state index in [0.717, 1.165) is 12.8 Å². The monoisotopic (exact) mass is 376 g/mol. The van der Waals surface area contributed by atoms with Crippen molar-refractivity contribution in [1.82, 2.24) is 0 Å². The van der Waals surface area contributed by atoms with Crippen molar-refractivity contribution >= 4 is 11.0 Å². The first-order valence-corrected chi connectivity index (χ1v) is 10.1. The predicted octanol–water partition coefficient (Wildman–Crippen LogP) is 5.81. The Bertz CT molecular complexity index is 763. The summed E-state index contributed by atoms with van der Waals surface area (Å²) < 4.78 is 16.9. The summed E-state index contributed by atoms with van der Waals surface area (Å²) in [6.45, 7) is 6.37. The fourth-order valence-electron chi connectivity index (χ4n) is 3.07. The molecule has 1 heterocycles. The van der Waals surface area contributed by atoms with Crippen molar-refractivity contribution in [3.63, 3.8) is 0 Å². The number of unbranched alkanes of at least 4 members (excludes halogenated alkanes) is 7. The molecule has 150 valence electrons. The van der Waals surface area contributed by atoms with Crippen LogP contribution in [0.5, 0.6) is 17.2 Å². The van der Waals surface area contributed by atoms with Gasteiger partial charge in [0.05, 0.1) is 12.7 Å². The fourth-order valence-corrected chi connectivity index (χ4v) is 3.07. The first-order valence-electron chi connectivity index (χ1n) is 10.1. The van der Waals surface area contributed by atoms with E-state index in [1.165, 1.54) is 44.6 Å². The number of benzene rings is 1. The molecule has 0 fully saturated rings. The molecule has 0 amide bonds. The lowest BCUT2D eigenvalue weighted by Gasteiger charge is -2.16. The van der Waals surface area contributed by atoms with Crippen LogP contribution in [0.25, 0.3) is 11.0 Å². The van der Waals surface area contributed by atoms with Gasteiger partial charge in [-0.25, -0.2) is 4.79 Å². The van der Waals surface area contributed by atoms with Gasteiger partial charge in [0.15, 0.2) is 5.75 Å². The summed E-state index contributed by atoms with van der Waals surface area (Å²) >= 11 is 0. The Morgan fingerprint density at radius 2 is 1.67 bits per heavy atom. The molecule has 0 spiro atoms. The topological polar surface area (TPSA) is 68.9 Å². The van der Waals surface area contributed by atoms with Gasteiger partial charge in [0.2, 0.25) is 5.75 Å². The van der Waals surface area contributed by atoms with Gasteiger partial charge < -0.3 is 19.0 Å². The predicted molar refractivity (Wildman–Crippen MR) is 108 cm³/mol. The Labute approximate surface area is 161 Å². The summed E-state index contributed by atoms with van der Waals surface area (Å²) in [5.41, 5.74) is -0.293. The molecule has 0 saturated carbocycles. The number of fused-ring (bicyclic) bond motifs is 1. The number of ether oxygens (including phenoxy) is 2. The van der Waals surface area contributed by atoms with Gasteiger partial charge in [-0.2, -0.15) is 0 Å². The zero-order chi connectivity index (χ0) is 19.6. The van der Waals surface area contributed by atoms with E-state index < -0.39 is 5.63 Å². The standard InChI is InChI=1S/C22H32O5/c1-4-5-6-7-8-9-10-11-15-25-21-20(26-16(2)3)19-17(23)13-12-14-18(19)27-22(21)24/h12-14,16,23H,4-11,15H2,1-3H3. The lowest BCUT2D eigenvalue weighted by molar-refractivity contribution is 0.215. The second-order valence-corrected chi connectivity index (χ2v) is 7.19. The van der Waals surface area contributed by atoms with E-state index in [-0.39, 0.29) is 28.9 Å². The quantitative estimate of drug-likeness (QED) is 0.374. The molecule has 2 rings (SSSR count). The Hall–Kier alpha value is -2.17.